The van der Waals surface area contributed by atoms with E-state index in [2.05, 4.69) is 15.4 Å². The van der Waals surface area contributed by atoms with Crippen LogP contribution in [0.15, 0.2) is 36.4 Å². The van der Waals surface area contributed by atoms with Crippen molar-refractivity contribution in [2.24, 2.45) is 5.73 Å². The van der Waals surface area contributed by atoms with E-state index >= 15 is 0 Å². The highest BCUT2D eigenvalue weighted by Crippen LogP contribution is 2.41. The predicted octanol–water partition coefficient (Wildman–Crippen LogP) is 4.12. The number of carbonyl (C=O) groups excluding carboxylic acids is 3. The number of fused-ring (bicyclic) bond motifs is 1. The zero-order chi connectivity index (χ0) is 29.4. The molecule has 3 aliphatic rings. The average Bonchev–Trinajstić information content (AvgIpc) is 3.66. The van der Waals surface area contributed by atoms with Gasteiger partial charge in [0.15, 0.2) is 5.60 Å². The number of hydrogen-bond acceptors (Lipinski definition) is 8. The van der Waals surface area contributed by atoms with Crippen LogP contribution in [-0.2, 0) is 22.4 Å². The maximum atomic E-state index is 13.1. The van der Waals surface area contributed by atoms with Crippen LogP contribution in [0.1, 0.15) is 61.0 Å². The number of nitrogen functional groups attached to an aromatic ring is 1. The molecule has 3 amide bonds. The topological polar surface area (TPSA) is 167 Å². The Kier molecular flexibility index (Phi) is 8.61. The third-order valence-electron chi connectivity index (χ3n) is 8.54. The minimum atomic E-state index is -0.958. The van der Waals surface area contributed by atoms with Gasteiger partial charge in [0.2, 0.25) is 0 Å². The molecule has 0 radical (unpaired) electrons. The van der Waals surface area contributed by atoms with Crippen LogP contribution in [0.4, 0.5) is 9.59 Å². The lowest BCUT2D eigenvalue weighted by atomic mass is 9.98. The fraction of sp³-hybridized carbons (Fsp3) is 0.433. The number of halogens is 1. The maximum Gasteiger partial charge on any atom is 0.427 e. The zero-order valence-corrected chi connectivity index (χ0v) is 24.8. The molecule has 5 N–H and O–H groups in total. The molecule has 6 rings (SSSR count). The van der Waals surface area contributed by atoms with Gasteiger partial charge in [-0.3, -0.25) is 15.6 Å². The molecule has 1 spiro atoms. The highest BCUT2D eigenvalue weighted by Gasteiger charge is 2.57. The first-order chi connectivity index (χ1) is 20.2. The molecule has 2 saturated heterocycles. The molecule has 43 heavy (non-hydrogen) atoms. The molecule has 13 heteroatoms. The van der Waals surface area contributed by atoms with Gasteiger partial charge in [-0.15, -0.1) is 12.4 Å². The molecule has 0 bridgehead atoms. The van der Waals surface area contributed by atoms with Crippen molar-refractivity contribution in [2.45, 2.75) is 69.9 Å². The molecular weight excluding hydrogens is 574 g/mol. The highest BCUT2D eigenvalue weighted by molar-refractivity contribution is 6.03. The number of aromatic amines is 1. The molecule has 3 aromatic rings. The highest BCUT2D eigenvalue weighted by atomic mass is 35.5. The molecular formula is C30H36ClN7O5. The number of hydrazine groups is 1. The molecule has 3 heterocycles. The van der Waals surface area contributed by atoms with Crippen LogP contribution in [-0.4, -0.2) is 68.5 Å². The molecule has 2 aliphatic heterocycles. The molecule has 0 atom stereocenters. The molecule has 0 unspecified atom stereocenters. The van der Waals surface area contributed by atoms with Crippen molar-refractivity contribution in [1.29, 1.82) is 5.41 Å². The molecule has 12 nitrogen and oxygen atoms in total. The van der Waals surface area contributed by atoms with E-state index in [1.807, 2.05) is 37.3 Å². The Bertz CT molecular complexity index is 1540. The van der Waals surface area contributed by atoms with Gasteiger partial charge in [-0.05, 0) is 76.0 Å². The quantitative estimate of drug-likeness (QED) is 0.229. The SMILES string of the molecule is Cc1nc2c(CCc3ccc(C(=N)N)cc3)c(OC(=O)NN3CCC(N4C(=O)OC5(CCCC5)C4=O)CC3)ccc2[nH]1.Cl. The Hall–Kier alpha value is -4.16. The van der Waals surface area contributed by atoms with Crippen molar-refractivity contribution in [3.8, 4) is 5.75 Å². The number of imide groups is 1. The van der Waals surface area contributed by atoms with E-state index in [9.17, 15) is 14.4 Å². The van der Waals surface area contributed by atoms with Crippen LogP contribution < -0.4 is 15.9 Å². The van der Waals surface area contributed by atoms with Crippen molar-refractivity contribution in [3.63, 3.8) is 0 Å². The largest absolute Gasteiger partial charge is 0.432 e. The molecule has 1 aromatic heterocycles. The van der Waals surface area contributed by atoms with Crippen LogP contribution >= 0.6 is 12.4 Å². The van der Waals surface area contributed by atoms with Crippen molar-refractivity contribution >= 4 is 47.4 Å². The van der Waals surface area contributed by atoms with Crippen LogP contribution in [0.2, 0.25) is 0 Å². The summed E-state index contributed by atoms with van der Waals surface area (Å²) in [4.78, 5) is 47.8. The summed E-state index contributed by atoms with van der Waals surface area (Å²) in [5, 5.41) is 9.34. The fourth-order valence-corrected chi connectivity index (χ4v) is 6.32. The molecule has 228 valence electrons. The number of nitrogens with zero attached hydrogens (tertiary/aromatic N) is 3. The summed E-state index contributed by atoms with van der Waals surface area (Å²) in [7, 11) is 0. The summed E-state index contributed by atoms with van der Waals surface area (Å²) < 4.78 is 11.4. The minimum Gasteiger partial charge on any atom is -0.432 e. The Morgan fingerprint density at radius 3 is 2.51 bits per heavy atom. The number of piperidine rings is 1. The van der Waals surface area contributed by atoms with Gasteiger partial charge in [-0.2, -0.15) is 0 Å². The number of benzene rings is 2. The zero-order valence-electron chi connectivity index (χ0n) is 24.0. The Morgan fingerprint density at radius 2 is 1.84 bits per heavy atom. The molecule has 1 saturated carbocycles. The number of ether oxygens (including phenoxy) is 2. The normalized spacial score (nSPS) is 18.6. The number of aryl methyl sites for hydroxylation is 3. The van der Waals surface area contributed by atoms with Crippen LogP contribution in [0.25, 0.3) is 11.0 Å². The van der Waals surface area contributed by atoms with Crippen LogP contribution in [0.5, 0.6) is 5.75 Å². The third-order valence-corrected chi connectivity index (χ3v) is 8.54. The summed E-state index contributed by atoms with van der Waals surface area (Å²) in [6.45, 7) is 2.80. The van der Waals surface area contributed by atoms with Crippen molar-refractivity contribution < 1.29 is 23.9 Å². The lowest BCUT2D eigenvalue weighted by Crippen LogP contribution is -2.53. The number of H-pyrrole nitrogens is 1. The van der Waals surface area contributed by atoms with Gasteiger partial charge in [0.05, 0.1) is 11.0 Å². The second-order valence-corrected chi connectivity index (χ2v) is 11.3. The van der Waals surface area contributed by atoms with Crippen molar-refractivity contribution in [2.75, 3.05) is 13.1 Å². The Balaban J connectivity index is 0.00000368. The van der Waals surface area contributed by atoms with E-state index in [0.29, 0.717) is 62.9 Å². The minimum absolute atomic E-state index is 0. The number of nitrogens with two attached hydrogens (primary N) is 1. The lowest BCUT2D eigenvalue weighted by Gasteiger charge is -2.34. The summed E-state index contributed by atoms with van der Waals surface area (Å²) in [5.74, 6) is 1.01. The van der Waals surface area contributed by atoms with Crippen LogP contribution in [0.3, 0.4) is 0 Å². The van der Waals surface area contributed by atoms with E-state index in [4.69, 9.17) is 20.6 Å². The van der Waals surface area contributed by atoms with Crippen molar-refractivity contribution in [3.05, 3.63) is 58.9 Å². The van der Waals surface area contributed by atoms with Crippen molar-refractivity contribution in [1.82, 2.24) is 25.3 Å². The lowest BCUT2D eigenvalue weighted by molar-refractivity contribution is -0.138. The van der Waals surface area contributed by atoms with E-state index in [-0.39, 0.29) is 30.2 Å². The number of amidine groups is 1. The van der Waals surface area contributed by atoms with Gasteiger partial charge in [-0.1, -0.05) is 24.3 Å². The Morgan fingerprint density at radius 1 is 1.14 bits per heavy atom. The smallest absolute Gasteiger partial charge is 0.427 e. The monoisotopic (exact) mass is 609 g/mol. The van der Waals surface area contributed by atoms with E-state index in [0.717, 1.165) is 40.8 Å². The first-order valence-corrected chi connectivity index (χ1v) is 14.4. The van der Waals surface area contributed by atoms with E-state index < -0.39 is 17.8 Å². The standard InChI is InChI=1S/C30H35N7O5.ClH/c1-18-33-23-10-11-24(22(25(23)34-18)9-6-19-4-7-20(8-5-19)26(31)32)41-28(39)35-36-16-12-21(13-17-36)37-27(38)30(42-29(37)40)14-2-3-15-30;/h4-5,7-8,10-11,21H,2-3,6,9,12-17H2,1H3,(H3,31,32)(H,33,34)(H,35,39);1H. The number of amides is 3. The predicted molar refractivity (Wildman–Crippen MR) is 161 cm³/mol. The fourth-order valence-electron chi connectivity index (χ4n) is 6.32. The molecule has 1 aliphatic carbocycles. The van der Waals surface area contributed by atoms with E-state index in [1.165, 1.54) is 4.90 Å². The number of carbonyl (C=O) groups is 3. The number of rotatable bonds is 7. The molecule has 3 fully saturated rings. The maximum absolute atomic E-state index is 13.1. The van der Waals surface area contributed by atoms with Gasteiger partial charge in [-0.25, -0.2) is 24.5 Å². The van der Waals surface area contributed by atoms with Gasteiger partial charge in [0, 0.05) is 30.3 Å². The van der Waals surface area contributed by atoms with Gasteiger partial charge >= 0.3 is 12.2 Å². The number of hydrogen-bond donors (Lipinski definition) is 4. The van der Waals surface area contributed by atoms with Gasteiger partial charge < -0.3 is 20.2 Å². The average molecular weight is 610 g/mol. The summed E-state index contributed by atoms with van der Waals surface area (Å²) in [6, 6.07) is 10.9. The molecule has 2 aromatic carbocycles. The summed E-state index contributed by atoms with van der Waals surface area (Å²) in [6.07, 6.45) is 4.13. The van der Waals surface area contributed by atoms with Crippen LogP contribution in [0, 0.1) is 12.3 Å². The Labute approximate surface area is 255 Å². The van der Waals surface area contributed by atoms with Gasteiger partial charge in [0.25, 0.3) is 5.91 Å². The second-order valence-electron chi connectivity index (χ2n) is 11.3. The number of imidazole rings is 1. The first-order valence-electron chi connectivity index (χ1n) is 14.4. The second kappa shape index (κ2) is 12.2. The third kappa shape index (κ3) is 6.02. The summed E-state index contributed by atoms with van der Waals surface area (Å²) >= 11 is 0. The van der Waals surface area contributed by atoms with E-state index in [1.54, 1.807) is 11.1 Å². The number of nitrogens with one attached hydrogen (secondary N) is 3. The summed E-state index contributed by atoms with van der Waals surface area (Å²) in [5.41, 5.74) is 11.6. The number of aromatic nitrogens is 2. The first kappa shape index (κ1) is 30.3. The van der Waals surface area contributed by atoms with Gasteiger partial charge in [0.1, 0.15) is 17.4 Å².